The predicted octanol–water partition coefficient (Wildman–Crippen LogP) is 3.95. The van der Waals surface area contributed by atoms with E-state index in [2.05, 4.69) is 46.2 Å². The quantitative estimate of drug-likeness (QED) is 0.771. The monoisotopic (exact) mass is 286 g/mol. The molecular weight excluding hydrogens is 272 g/mol. The van der Waals surface area contributed by atoms with E-state index < -0.39 is 0 Å². The van der Waals surface area contributed by atoms with Gasteiger partial charge in [-0.2, -0.15) is 0 Å². The van der Waals surface area contributed by atoms with Crippen LogP contribution in [-0.4, -0.2) is 16.9 Å². The summed E-state index contributed by atoms with van der Waals surface area (Å²) in [4.78, 5) is 4.50. The molecule has 1 heterocycles. The van der Waals surface area contributed by atoms with Crippen LogP contribution in [0.25, 0.3) is 0 Å². The minimum Gasteiger partial charge on any atom is -0.344 e. The highest BCUT2D eigenvalue weighted by molar-refractivity contribution is 8.23. The van der Waals surface area contributed by atoms with Crippen LogP contribution in [0.4, 0.5) is 11.4 Å². The lowest BCUT2D eigenvalue weighted by Crippen LogP contribution is -2.45. The summed E-state index contributed by atoms with van der Waals surface area (Å²) in [5, 5.41) is 0. The van der Waals surface area contributed by atoms with Gasteiger partial charge in [-0.3, -0.25) is 0 Å². The molecule has 0 atom stereocenters. The lowest BCUT2D eigenvalue weighted by molar-refractivity contribution is 0.889. The fourth-order valence-electron chi connectivity index (χ4n) is 2.07. The van der Waals surface area contributed by atoms with Crippen molar-refractivity contribution in [3.8, 4) is 0 Å². The van der Waals surface area contributed by atoms with Gasteiger partial charge in [0.05, 0.1) is 12.5 Å². The number of thiocarbonyl (C=S) groups is 1. The van der Waals surface area contributed by atoms with Gasteiger partial charge in [0.2, 0.25) is 0 Å². The molecule has 96 valence electrons. The van der Waals surface area contributed by atoms with Gasteiger partial charge in [-0.25, -0.2) is 0 Å². The molecule has 0 bridgehead atoms. The van der Waals surface area contributed by atoms with Crippen LogP contribution in [0.1, 0.15) is 0 Å². The largest absolute Gasteiger partial charge is 0.344 e. The summed E-state index contributed by atoms with van der Waals surface area (Å²) in [6, 6.07) is 20.8. The summed E-state index contributed by atoms with van der Waals surface area (Å²) >= 11 is 7.18. The number of rotatable bonds is 2. The Hall–Kier alpha value is -1.52. The maximum Gasteiger partial charge on any atom is 0.144 e. The smallest absolute Gasteiger partial charge is 0.144 e. The molecule has 2 nitrogen and oxygen atoms in total. The van der Waals surface area contributed by atoms with Crippen molar-refractivity contribution in [1.29, 1.82) is 0 Å². The van der Waals surface area contributed by atoms with E-state index in [1.165, 1.54) is 5.69 Å². The first kappa shape index (κ1) is 12.5. The second-order valence-electron chi connectivity index (χ2n) is 4.32. The zero-order valence-electron chi connectivity index (χ0n) is 10.4. The topological polar surface area (TPSA) is 6.48 Å². The Labute approximate surface area is 123 Å². The van der Waals surface area contributed by atoms with Gasteiger partial charge in [-0.05, 0) is 24.3 Å². The minimum absolute atomic E-state index is 0.805. The molecule has 1 saturated heterocycles. The molecule has 0 spiro atoms. The molecule has 3 rings (SSSR count). The van der Waals surface area contributed by atoms with E-state index in [4.69, 9.17) is 12.2 Å². The molecule has 0 saturated carbocycles. The number of anilines is 2. The molecule has 0 aromatic heterocycles. The van der Waals surface area contributed by atoms with Gasteiger partial charge < -0.3 is 9.80 Å². The molecule has 1 aliphatic rings. The van der Waals surface area contributed by atoms with Crippen LogP contribution in [0.15, 0.2) is 60.7 Å². The van der Waals surface area contributed by atoms with Crippen molar-refractivity contribution >= 4 is 39.7 Å². The van der Waals surface area contributed by atoms with Crippen molar-refractivity contribution in [2.24, 2.45) is 0 Å². The van der Waals surface area contributed by atoms with E-state index in [0.717, 1.165) is 22.6 Å². The standard InChI is InChI=1S/C15H14N2S2/c18-15-17(14-9-5-2-6-10-14)11-16(12-19-15)13-7-3-1-4-8-13/h1-10H,11-12H2. The van der Waals surface area contributed by atoms with Gasteiger partial charge >= 0.3 is 0 Å². The van der Waals surface area contributed by atoms with Crippen LogP contribution in [-0.2, 0) is 0 Å². The highest BCUT2D eigenvalue weighted by atomic mass is 32.2. The predicted molar refractivity (Wildman–Crippen MR) is 87.8 cm³/mol. The maximum atomic E-state index is 5.47. The van der Waals surface area contributed by atoms with Crippen molar-refractivity contribution in [2.45, 2.75) is 0 Å². The van der Waals surface area contributed by atoms with Gasteiger partial charge in [0.15, 0.2) is 0 Å². The Morgan fingerprint density at radius 2 is 1.42 bits per heavy atom. The molecular formula is C15H14N2S2. The van der Waals surface area contributed by atoms with E-state index in [9.17, 15) is 0 Å². The van der Waals surface area contributed by atoms with Crippen molar-refractivity contribution in [3.63, 3.8) is 0 Å². The summed E-state index contributed by atoms with van der Waals surface area (Å²) < 4.78 is 0.943. The molecule has 4 heteroatoms. The molecule has 1 aliphatic heterocycles. The van der Waals surface area contributed by atoms with Crippen LogP contribution in [0.2, 0.25) is 0 Å². The van der Waals surface area contributed by atoms with Crippen molar-refractivity contribution in [2.75, 3.05) is 22.3 Å². The number of hydrogen-bond acceptors (Lipinski definition) is 3. The van der Waals surface area contributed by atoms with Crippen LogP contribution < -0.4 is 9.80 Å². The normalized spacial score (nSPS) is 15.7. The third-order valence-electron chi connectivity index (χ3n) is 3.07. The first-order valence-corrected chi connectivity index (χ1v) is 7.53. The van der Waals surface area contributed by atoms with Gasteiger partial charge in [0, 0.05) is 11.4 Å². The van der Waals surface area contributed by atoms with Crippen molar-refractivity contribution in [1.82, 2.24) is 0 Å². The minimum atomic E-state index is 0.805. The van der Waals surface area contributed by atoms with Crippen LogP contribution >= 0.6 is 24.0 Å². The Morgan fingerprint density at radius 3 is 2.05 bits per heavy atom. The van der Waals surface area contributed by atoms with E-state index in [-0.39, 0.29) is 0 Å². The van der Waals surface area contributed by atoms with Crippen LogP contribution in [0.5, 0.6) is 0 Å². The van der Waals surface area contributed by atoms with Gasteiger partial charge in [-0.15, -0.1) is 0 Å². The number of benzene rings is 2. The first-order valence-electron chi connectivity index (χ1n) is 6.14. The van der Waals surface area contributed by atoms with Gasteiger partial charge in [0.25, 0.3) is 0 Å². The second kappa shape index (κ2) is 5.63. The highest BCUT2D eigenvalue weighted by Gasteiger charge is 2.22. The maximum absolute atomic E-state index is 5.47. The third kappa shape index (κ3) is 2.74. The lowest BCUT2D eigenvalue weighted by atomic mass is 10.3. The molecule has 0 N–H and O–H groups in total. The Morgan fingerprint density at radius 1 is 0.842 bits per heavy atom. The molecule has 1 fully saturated rings. The first-order chi connectivity index (χ1) is 9.34. The zero-order valence-corrected chi connectivity index (χ0v) is 12.0. The van der Waals surface area contributed by atoms with Crippen molar-refractivity contribution < 1.29 is 0 Å². The summed E-state index contributed by atoms with van der Waals surface area (Å²) in [5.74, 6) is 0.909. The van der Waals surface area contributed by atoms with E-state index in [1.54, 1.807) is 11.8 Å². The van der Waals surface area contributed by atoms with Gasteiger partial charge in [-0.1, -0.05) is 60.4 Å². The number of nitrogens with zero attached hydrogens (tertiary/aromatic N) is 2. The molecule has 0 unspecified atom stereocenters. The lowest BCUT2D eigenvalue weighted by Gasteiger charge is -2.37. The average molecular weight is 286 g/mol. The van der Waals surface area contributed by atoms with Gasteiger partial charge in [0.1, 0.15) is 4.32 Å². The van der Waals surface area contributed by atoms with E-state index >= 15 is 0 Å². The molecule has 0 amide bonds. The summed E-state index contributed by atoms with van der Waals surface area (Å²) in [6.45, 7) is 0.805. The van der Waals surface area contributed by atoms with Crippen molar-refractivity contribution in [3.05, 3.63) is 60.7 Å². The third-order valence-corrected chi connectivity index (χ3v) is 4.55. The molecule has 2 aromatic rings. The summed E-state index contributed by atoms with van der Waals surface area (Å²) in [5.41, 5.74) is 2.39. The Bertz CT molecular complexity index is 557. The highest BCUT2D eigenvalue weighted by Crippen LogP contribution is 2.28. The average Bonchev–Trinajstić information content (AvgIpc) is 2.49. The number of thioether (sulfide) groups is 1. The molecule has 19 heavy (non-hydrogen) atoms. The molecule has 0 radical (unpaired) electrons. The fourth-order valence-corrected chi connectivity index (χ4v) is 3.21. The van der Waals surface area contributed by atoms with E-state index in [0.29, 0.717) is 0 Å². The SMILES string of the molecule is S=C1SCN(c2ccccc2)CN1c1ccccc1. The van der Waals surface area contributed by atoms with Crippen LogP contribution in [0, 0.1) is 0 Å². The Kier molecular flexibility index (Phi) is 3.71. The zero-order chi connectivity index (χ0) is 13.1. The van der Waals surface area contributed by atoms with E-state index in [1.807, 2.05) is 24.3 Å². The fraction of sp³-hybridized carbons (Fsp3) is 0.133. The second-order valence-corrected chi connectivity index (χ2v) is 5.90. The number of hydrogen-bond donors (Lipinski definition) is 0. The summed E-state index contributed by atoms with van der Waals surface area (Å²) in [6.07, 6.45) is 0. The number of para-hydroxylation sites is 2. The summed E-state index contributed by atoms with van der Waals surface area (Å²) in [7, 11) is 0. The van der Waals surface area contributed by atoms with Crippen LogP contribution in [0.3, 0.4) is 0 Å². The molecule has 2 aromatic carbocycles. The molecule has 0 aliphatic carbocycles. The Balaban J connectivity index is 1.84.